The summed E-state index contributed by atoms with van der Waals surface area (Å²) in [6, 6.07) is 8.42. The Balaban J connectivity index is 1.98. The summed E-state index contributed by atoms with van der Waals surface area (Å²) < 4.78 is 1.83. The van der Waals surface area contributed by atoms with Gasteiger partial charge >= 0.3 is 0 Å². The molecule has 0 amide bonds. The summed E-state index contributed by atoms with van der Waals surface area (Å²) in [5.41, 5.74) is 3.83. The Morgan fingerprint density at radius 3 is 2.53 bits per heavy atom. The van der Waals surface area contributed by atoms with E-state index in [-0.39, 0.29) is 0 Å². The first kappa shape index (κ1) is 11.7. The molecule has 2 aromatic heterocycles. The van der Waals surface area contributed by atoms with Gasteiger partial charge in [0.15, 0.2) is 6.29 Å². The second kappa shape index (κ2) is 4.39. The summed E-state index contributed by atoms with van der Waals surface area (Å²) >= 11 is 0. The molecule has 0 bridgehead atoms. The molecule has 0 aliphatic carbocycles. The molecule has 1 aromatic carbocycles. The fraction of sp³-hybridized carbons (Fsp3) is 0.200. The van der Waals surface area contributed by atoms with Gasteiger partial charge in [0.1, 0.15) is 0 Å². The van der Waals surface area contributed by atoms with Gasteiger partial charge in [0.25, 0.3) is 0 Å². The van der Waals surface area contributed by atoms with Crippen molar-refractivity contribution in [2.24, 2.45) is 0 Å². The number of nitrogens with one attached hydrogen (secondary N) is 1. The van der Waals surface area contributed by atoms with Gasteiger partial charge in [0, 0.05) is 18.0 Å². The molecule has 0 aliphatic rings. The van der Waals surface area contributed by atoms with Gasteiger partial charge in [-0.3, -0.25) is 9.20 Å². The maximum atomic E-state index is 10.7. The molecule has 1 N–H and O–H groups in total. The number of benzene rings is 1. The van der Waals surface area contributed by atoms with Gasteiger partial charge in [-0.05, 0) is 11.5 Å². The number of imidazole rings is 2. The van der Waals surface area contributed by atoms with E-state index < -0.39 is 0 Å². The Bertz CT molecular complexity index is 688. The maximum absolute atomic E-state index is 10.7. The molecule has 0 spiro atoms. The van der Waals surface area contributed by atoms with E-state index in [2.05, 4.69) is 48.1 Å². The molecular weight excluding hydrogens is 238 g/mol. The van der Waals surface area contributed by atoms with Gasteiger partial charge in [-0.1, -0.05) is 38.1 Å². The molecule has 0 saturated heterocycles. The molecule has 0 aliphatic heterocycles. The highest BCUT2D eigenvalue weighted by Crippen LogP contribution is 2.22. The number of fused-ring (bicyclic) bond motifs is 1. The number of carbonyl (C=O) groups is 1. The van der Waals surface area contributed by atoms with Crippen molar-refractivity contribution in [3.8, 4) is 11.3 Å². The third kappa shape index (κ3) is 2.05. The molecule has 4 heteroatoms. The molecule has 3 aromatic rings. The molecule has 0 radical (unpaired) electrons. The van der Waals surface area contributed by atoms with E-state index in [1.807, 2.05) is 10.6 Å². The third-order valence-electron chi connectivity index (χ3n) is 3.27. The number of aromatic nitrogens is 3. The topological polar surface area (TPSA) is 50.2 Å². The first-order valence-electron chi connectivity index (χ1n) is 6.30. The standard InChI is InChI=1S/C15H15N3O/c1-10(2)11-3-5-12(6-4-11)14-8-18-7-13(9-19)16-15(18)17-14/h3-10H,1-2H3,(H,16,17). The first-order chi connectivity index (χ1) is 9.17. The zero-order valence-electron chi connectivity index (χ0n) is 10.9. The second-order valence-corrected chi connectivity index (χ2v) is 4.96. The maximum Gasteiger partial charge on any atom is 0.212 e. The van der Waals surface area contributed by atoms with Gasteiger partial charge in [-0.15, -0.1) is 0 Å². The van der Waals surface area contributed by atoms with Crippen LogP contribution in [0.3, 0.4) is 0 Å². The quantitative estimate of drug-likeness (QED) is 0.728. The zero-order chi connectivity index (χ0) is 13.4. The largest absolute Gasteiger partial charge is 0.321 e. The van der Waals surface area contributed by atoms with Gasteiger partial charge in [-0.25, -0.2) is 4.98 Å². The predicted molar refractivity (Wildman–Crippen MR) is 74.5 cm³/mol. The second-order valence-electron chi connectivity index (χ2n) is 4.96. The van der Waals surface area contributed by atoms with Crippen LogP contribution in [-0.4, -0.2) is 20.7 Å². The SMILES string of the molecule is CC(C)c1ccc(-c2cn3cc(C=O)[nH]c3n2)cc1. The number of rotatable bonds is 3. The minimum absolute atomic E-state index is 0.529. The molecule has 0 saturated carbocycles. The monoisotopic (exact) mass is 253 g/mol. The van der Waals surface area contributed by atoms with Crippen LogP contribution in [0, 0.1) is 0 Å². The van der Waals surface area contributed by atoms with Crippen LogP contribution in [-0.2, 0) is 0 Å². The Labute approximate surface area is 111 Å². The molecule has 96 valence electrons. The summed E-state index contributed by atoms with van der Waals surface area (Å²) in [7, 11) is 0. The van der Waals surface area contributed by atoms with E-state index in [1.165, 1.54) is 5.56 Å². The molecule has 4 nitrogen and oxygen atoms in total. The van der Waals surface area contributed by atoms with Crippen LogP contribution >= 0.6 is 0 Å². The summed E-state index contributed by atoms with van der Waals surface area (Å²) in [6.45, 7) is 4.35. The van der Waals surface area contributed by atoms with Crippen LogP contribution in [0.2, 0.25) is 0 Å². The summed E-state index contributed by atoms with van der Waals surface area (Å²) in [6.07, 6.45) is 4.44. The van der Waals surface area contributed by atoms with E-state index >= 15 is 0 Å². The lowest BCUT2D eigenvalue weighted by Crippen LogP contribution is -1.87. The number of hydrogen-bond acceptors (Lipinski definition) is 2. The van der Waals surface area contributed by atoms with Crippen molar-refractivity contribution >= 4 is 12.1 Å². The zero-order valence-corrected chi connectivity index (χ0v) is 10.9. The highest BCUT2D eigenvalue weighted by molar-refractivity contribution is 5.73. The molecule has 0 unspecified atom stereocenters. The van der Waals surface area contributed by atoms with Gasteiger partial charge < -0.3 is 4.98 Å². The van der Waals surface area contributed by atoms with Crippen molar-refractivity contribution in [2.75, 3.05) is 0 Å². The lowest BCUT2D eigenvalue weighted by molar-refractivity contribution is 0.111. The molecule has 3 rings (SSSR count). The average Bonchev–Trinajstić information content (AvgIpc) is 2.96. The number of aldehydes is 1. The minimum atomic E-state index is 0.529. The summed E-state index contributed by atoms with van der Waals surface area (Å²) in [4.78, 5) is 18.1. The molecular formula is C15H15N3O. The third-order valence-corrected chi connectivity index (χ3v) is 3.27. The van der Waals surface area contributed by atoms with Crippen LogP contribution in [0.5, 0.6) is 0 Å². The summed E-state index contributed by atoms with van der Waals surface area (Å²) in [5, 5.41) is 0. The number of carbonyl (C=O) groups excluding carboxylic acids is 1. The van der Waals surface area contributed by atoms with Crippen molar-refractivity contribution in [1.82, 2.24) is 14.4 Å². The van der Waals surface area contributed by atoms with Crippen LogP contribution in [0.25, 0.3) is 17.0 Å². The Morgan fingerprint density at radius 1 is 1.21 bits per heavy atom. The van der Waals surface area contributed by atoms with E-state index in [9.17, 15) is 4.79 Å². The first-order valence-corrected chi connectivity index (χ1v) is 6.30. The molecule has 0 atom stereocenters. The molecule has 2 heterocycles. The van der Waals surface area contributed by atoms with E-state index in [4.69, 9.17) is 0 Å². The highest BCUT2D eigenvalue weighted by Gasteiger charge is 2.07. The lowest BCUT2D eigenvalue weighted by atomic mass is 10.0. The van der Waals surface area contributed by atoms with Crippen molar-refractivity contribution in [3.63, 3.8) is 0 Å². The van der Waals surface area contributed by atoms with Gasteiger partial charge in [-0.2, -0.15) is 0 Å². The number of hydrogen-bond donors (Lipinski definition) is 1. The number of nitrogens with zero attached hydrogens (tertiary/aromatic N) is 2. The van der Waals surface area contributed by atoms with Crippen LogP contribution in [0.4, 0.5) is 0 Å². The highest BCUT2D eigenvalue weighted by atomic mass is 16.1. The van der Waals surface area contributed by atoms with E-state index in [0.717, 1.165) is 17.5 Å². The normalized spacial score (nSPS) is 11.3. The van der Waals surface area contributed by atoms with Gasteiger partial charge in [0.05, 0.1) is 11.4 Å². The van der Waals surface area contributed by atoms with Crippen molar-refractivity contribution in [1.29, 1.82) is 0 Å². The van der Waals surface area contributed by atoms with E-state index in [0.29, 0.717) is 17.4 Å². The van der Waals surface area contributed by atoms with Crippen molar-refractivity contribution in [3.05, 3.63) is 47.9 Å². The smallest absolute Gasteiger partial charge is 0.212 e. The lowest BCUT2D eigenvalue weighted by Gasteiger charge is -2.05. The van der Waals surface area contributed by atoms with Crippen LogP contribution < -0.4 is 0 Å². The number of H-pyrrole nitrogens is 1. The molecule has 19 heavy (non-hydrogen) atoms. The van der Waals surface area contributed by atoms with Crippen molar-refractivity contribution < 1.29 is 4.79 Å². The Morgan fingerprint density at radius 2 is 1.95 bits per heavy atom. The fourth-order valence-electron chi connectivity index (χ4n) is 2.13. The summed E-state index contributed by atoms with van der Waals surface area (Å²) in [5.74, 6) is 1.21. The predicted octanol–water partition coefficient (Wildman–Crippen LogP) is 3.27. The van der Waals surface area contributed by atoms with Crippen molar-refractivity contribution in [2.45, 2.75) is 19.8 Å². The minimum Gasteiger partial charge on any atom is -0.321 e. The van der Waals surface area contributed by atoms with Crippen LogP contribution in [0.15, 0.2) is 36.7 Å². The Kier molecular flexibility index (Phi) is 2.71. The molecule has 0 fully saturated rings. The van der Waals surface area contributed by atoms with Gasteiger partial charge in [0.2, 0.25) is 5.78 Å². The Hall–Kier alpha value is -2.36. The number of aromatic amines is 1. The van der Waals surface area contributed by atoms with Crippen LogP contribution in [0.1, 0.15) is 35.8 Å². The average molecular weight is 253 g/mol. The fourth-order valence-corrected chi connectivity index (χ4v) is 2.13. The van der Waals surface area contributed by atoms with E-state index in [1.54, 1.807) is 6.20 Å².